The highest BCUT2D eigenvalue weighted by Gasteiger charge is 2.58. The number of aliphatic imine (C=N–C) groups is 1. The first kappa shape index (κ1) is 17.5. The van der Waals surface area contributed by atoms with Crippen molar-refractivity contribution < 1.29 is 9.53 Å². The molecule has 136 valence electrons. The number of amides is 1. The van der Waals surface area contributed by atoms with Crippen LogP contribution in [0.1, 0.15) is 46.5 Å². The van der Waals surface area contributed by atoms with Crippen LogP contribution in [-0.2, 0) is 9.53 Å². The zero-order chi connectivity index (χ0) is 17.3. The predicted octanol–water partition coefficient (Wildman–Crippen LogP) is 1.37. The lowest BCUT2D eigenvalue weighted by atomic mass is 9.55. The second kappa shape index (κ2) is 6.90. The van der Waals surface area contributed by atoms with Gasteiger partial charge in [-0.25, -0.2) is 0 Å². The molecule has 0 bridgehead atoms. The Balaban J connectivity index is 1.62. The number of likely N-dealkylation sites (tertiary alicyclic amines) is 1. The van der Waals surface area contributed by atoms with Crippen molar-refractivity contribution in [3.05, 3.63) is 0 Å². The van der Waals surface area contributed by atoms with Crippen LogP contribution < -0.4 is 10.6 Å². The number of nitrogens with one attached hydrogen (secondary N) is 2. The summed E-state index contributed by atoms with van der Waals surface area (Å²) in [5.74, 6) is 1.69. The van der Waals surface area contributed by atoms with Gasteiger partial charge in [-0.1, -0.05) is 13.8 Å². The van der Waals surface area contributed by atoms with Gasteiger partial charge in [0.05, 0.1) is 6.10 Å². The Bertz CT molecular complexity index is 505. The van der Waals surface area contributed by atoms with Crippen molar-refractivity contribution in [3.63, 3.8) is 0 Å². The molecule has 0 radical (unpaired) electrons. The van der Waals surface area contributed by atoms with Gasteiger partial charge in [0.25, 0.3) is 0 Å². The summed E-state index contributed by atoms with van der Waals surface area (Å²) in [7, 11) is 1.87. The second-order valence-electron chi connectivity index (χ2n) is 8.02. The molecule has 0 spiro atoms. The molecule has 0 aromatic rings. The van der Waals surface area contributed by atoms with Crippen LogP contribution in [0.2, 0.25) is 0 Å². The van der Waals surface area contributed by atoms with E-state index in [0.29, 0.717) is 24.5 Å². The van der Waals surface area contributed by atoms with E-state index in [1.807, 2.05) is 11.9 Å². The molecule has 1 amide bonds. The highest BCUT2D eigenvalue weighted by molar-refractivity contribution is 5.82. The Morgan fingerprint density at radius 1 is 1.38 bits per heavy atom. The number of likely N-dealkylation sites (N-methyl/N-ethyl adjacent to an activating group) is 1. The Morgan fingerprint density at radius 3 is 2.88 bits per heavy atom. The minimum Gasteiger partial charge on any atom is -0.377 e. The summed E-state index contributed by atoms with van der Waals surface area (Å²) in [6, 6.07) is 0.663. The minimum absolute atomic E-state index is 0.126. The number of piperidine rings is 1. The smallest absolute Gasteiger partial charge is 0.222 e. The van der Waals surface area contributed by atoms with Gasteiger partial charge in [0.1, 0.15) is 0 Å². The largest absolute Gasteiger partial charge is 0.377 e. The maximum absolute atomic E-state index is 11.7. The molecule has 2 saturated heterocycles. The summed E-state index contributed by atoms with van der Waals surface area (Å²) in [5, 5.41) is 7.22. The summed E-state index contributed by atoms with van der Waals surface area (Å²) in [6.45, 7) is 9.01. The fraction of sp³-hybridized carbons (Fsp3) is 0.889. The van der Waals surface area contributed by atoms with Crippen molar-refractivity contribution in [2.24, 2.45) is 16.3 Å². The second-order valence-corrected chi connectivity index (χ2v) is 8.02. The normalized spacial score (nSPS) is 35.9. The molecular weight excluding hydrogens is 304 g/mol. The van der Waals surface area contributed by atoms with Gasteiger partial charge in [0, 0.05) is 56.6 Å². The zero-order valence-electron chi connectivity index (χ0n) is 15.5. The highest BCUT2D eigenvalue weighted by atomic mass is 16.5. The lowest BCUT2D eigenvalue weighted by Crippen LogP contribution is -2.71. The highest BCUT2D eigenvalue weighted by Crippen LogP contribution is 2.51. The summed E-state index contributed by atoms with van der Waals surface area (Å²) in [4.78, 5) is 18.1. The topological polar surface area (TPSA) is 66.0 Å². The van der Waals surface area contributed by atoms with Crippen LogP contribution in [0.3, 0.4) is 0 Å². The van der Waals surface area contributed by atoms with E-state index < -0.39 is 0 Å². The number of nitrogens with zero attached hydrogens (tertiary/aromatic N) is 2. The summed E-state index contributed by atoms with van der Waals surface area (Å²) in [5.41, 5.74) is 0.126. The van der Waals surface area contributed by atoms with Crippen LogP contribution in [0.5, 0.6) is 0 Å². The monoisotopic (exact) mass is 336 g/mol. The van der Waals surface area contributed by atoms with E-state index >= 15 is 0 Å². The Hall–Kier alpha value is -1.30. The molecule has 0 aromatic carbocycles. The Kier molecular flexibility index (Phi) is 5.04. The SMILES string of the molecule is CCN=C(NC1CCC(=O)N(C)C1)NC1C2CCCOC2C1(C)C. The molecule has 3 fully saturated rings. The van der Waals surface area contributed by atoms with Crippen LogP contribution in [0.4, 0.5) is 0 Å². The molecule has 4 atom stereocenters. The lowest BCUT2D eigenvalue weighted by molar-refractivity contribution is -0.188. The van der Waals surface area contributed by atoms with Crippen molar-refractivity contribution >= 4 is 11.9 Å². The average Bonchev–Trinajstić information content (AvgIpc) is 2.56. The number of guanidine groups is 1. The first-order valence-electron chi connectivity index (χ1n) is 9.36. The van der Waals surface area contributed by atoms with Crippen molar-refractivity contribution in [1.82, 2.24) is 15.5 Å². The summed E-state index contributed by atoms with van der Waals surface area (Å²) < 4.78 is 6.00. The maximum Gasteiger partial charge on any atom is 0.222 e. The van der Waals surface area contributed by atoms with Crippen LogP contribution in [0.15, 0.2) is 4.99 Å². The molecule has 6 heteroatoms. The number of carbonyl (C=O) groups excluding carboxylic acids is 1. The van der Waals surface area contributed by atoms with Gasteiger partial charge in [0.15, 0.2) is 5.96 Å². The number of ether oxygens (including phenoxy) is 1. The van der Waals surface area contributed by atoms with Crippen molar-refractivity contribution in [2.45, 2.75) is 64.6 Å². The van der Waals surface area contributed by atoms with E-state index in [2.05, 4.69) is 36.4 Å². The molecule has 3 aliphatic rings. The molecule has 2 N–H and O–H groups in total. The predicted molar refractivity (Wildman–Crippen MR) is 94.9 cm³/mol. The van der Waals surface area contributed by atoms with E-state index in [-0.39, 0.29) is 17.4 Å². The fourth-order valence-electron chi connectivity index (χ4n) is 4.58. The van der Waals surface area contributed by atoms with Gasteiger partial charge in [0.2, 0.25) is 5.91 Å². The summed E-state index contributed by atoms with van der Waals surface area (Å²) in [6.07, 6.45) is 4.23. The standard InChI is InChI=1S/C18H32N4O2/c1-5-19-17(20-12-8-9-14(23)22(4)11-12)21-15-13-7-6-10-24-16(13)18(15,2)3/h12-13,15-16H,5-11H2,1-4H3,(H2,19,20,21). The summed E-state index contributed by atoms with van der Waals surface area (Å²) >= 11 is 0. The third-order valence-corrected chi connectivity index (χ3v) is 5.91. The van der Waals surface area contributed by atoms with Gasteiger partial charge >= 0.3 is 0 Å². The Morgan fingerprint density at radius 2 is 2.17 bits per heavy atom. The van der Waals surface area contributed by atoms with Crippen LogP contribution in [0.25, 0.3) is 0 Å². The molecule has 2 aliphatic heterocycles. The number of hydrogen-bond acceptors (Lipinski definition) is 3. The minimum atomic E-state index is 0.126. The molecular formula is C18H32N4O2. The third-order valence-electron chi connectivity index (χ3n) is 5.91. The molecule has 0 aromatic heterocycles. The van der Waals surface area contributed by atoms with Gasteiger partial charge in [-0.05, 0) is 26.2 Å². The van der Waals surface area contributed by atoms with E-state index in [9.17, 15) is 4.79 Å². The van der Waals surface area contributed by atoms with Gasteiger partial charge < -0.3 is 20.3 Å². The molecule has 1 aliphatic carbocycles. The first-order valence-corrected chi connectivity index (χ1v) is 9.36. The van der Waals surface area contributed by atoms with Gasteiger partial charge in [-0.3, -0.25) is 9.79 Å². The fourth-order valence-corrected chi connectivity index (χ4v) is 4.58. The van der Waals surface area contributed by atoms with Crippen molar-refractivity contribution in [1.29, 1.82) is 0 Å². The van der Waals surface area contributed by atoms with Crippen molar-refractivity contribution in [3.8, 4) is 0 Å². The van der Waals surface area contributed by atoms with Crippen LogP contribution >= 0.6 is 0 Å². The number of carbonyl (C=O) groups is 1. The lowest BCUT2D eigenvalue weighted by Gasteiger charge is -2.60. The van der Waals surface area contributed by atoms with E-state index in [4.69, 9.17) is 4.74 Å². The van der Waals surface area contributed by atoms with E-state index in [0.717, 1.165) is 38.5 Å². The number of rotatable bonds is 3. The Labute approximate surface area is 145 Å². The number of fused-ring (bicyclic) bond motifs is 1. The molecule has 24 heavy (non-hydrogen) atoms. The third kappa shape index (κ3) is 3.25. The zero-order valence-corrected chi connectivity index (χ0v) is 15.5. The maximum atomic E-state index is 11.7. The average molecular weight is 336 g/mol. The van der Waals surface area contributed by atoms with Crippen LogP contribution in [0, 0.1) is 11.3 Å². The molecule has 2 heterocycles. The van der Waals surface area contributed by atoms with Crippen LogP contribution in [-0.4, -0.2) is 61.7 Å². The molecule has 4 unspecified atom stereocenters. The van der Waals surface area contributed by atoms with Crippen molar-refractivity contribution in [2.75, 3.05) is 26.7 Å². The quantitative estimate of drug-likeness (QED) is 0.603. The molecule has 3 rings (SSSR count). The van der Waals surface area contributed by atoms with E-state index in [1.54, 1.807) is 0 Å². The van der Waals surface area contributed by atoms with Gasteiger partial charge in [-0.15, -0.1) is 0 Å². The first-order chi connectivity index (χ1) is 11.4. The van der Waals surface area contributed by atoms with E-state index in [1.165, 1.54) is 6.42 Å². The molecule has 6 nitrogen and oxygen atoms in total. The molecule has 1 saturated carbocycles. The van der Waals surface area contributed by atoms with Gasteiger partial charge in [-0.2, -0.15) is 0 Å². The number of hydrogen-bond donors (Lipinski definition) is 2.